The first-order valence-corrected chi connectivity index (χ1v) is 5.61. The maximum absolute atomic E-state index is 2.47. The Morgan fingerprint density at radius 2 is 2.31 bits per heavy atom. The largest absolute Gasteiger partial charge is 0.366 e. The van der Waals surface area contributed by atoms with Crippen molar-refractivity contribution in [3.8, 4) is 0 Å². The molecule has 1 nitrogen and oxygen atoms in total. The molecule has 0 aliphatic carbocycles. The lowest BCUT2D eigenvalue weighted by molar-refractivity contribution is 0.879. The molecule has 0 atom stereocenters. The van der Waals surface area contributed by atoms with Crippen LogP contribution in [0.25, 0.3) is 6.08 Å². The summed E-state index contributed by atoms with van der Waals surface area (Å²) in [7, 11) is 0. The second-order valence-electron chi connectivity index (χ2n) is 3.39. The Morgan fingerprint density at radius 1 is 1.31 bits per heavy atom. The highest BCUT2D eigenvalue weighted by Crippen LogP contribution is 2.39. The number of anilines is 1. The zero-order valence-electron chi connectivity index (χ0n) is 7.36. The Kier molecular flexibility index (Phi) is 1.62. The van der Waals surface area contributed by atoms with Crippen LogP contribution in [0, 0.1) is 0 Å². The van der Waals surface area contributed by atoms with Crippen LogP contribution in [0.4, 0.5) is 5.69 Å². The van der Waals surface area contributed by atoms with Crippen LogP contribution >= 0.6 is 11.8 Å². The highest BCUT2D eigenvalue weighted by molar-refractivity contribution is 7.99. The minimum absolute atomic E-state index is 1.09. The summed E-state index contributed by atoms with van der Waals surface area (Å²) in [4.78, 5) is 3.93. The van der Waals surface area contributed by atoms with Gasteiger partial charge in [-0.25, -0.2) is 0 Å². The van der Waals surface area contributed by atoms with Crippen LogP contribution in [0.5, 0.6) is 0 Å². The second kappa shape index (κ2) is 2.81. The molecule has 0 saturated heterocycles. The molecule has 0 aromatic heterocycles. The Hall–Kier alpha value is -0.890. The molecule has 0 spiro atoms. The van der Waals surface area contributed by atoms with Crippen molar-refractivity contribution < 1.29 is 0 Å². The average molecular weight is 189 g/mol. The predicted molar refractivity (Wildman–Crippen MR) is 58.4 cm³/mol. The summed E-state index contributed by atoms with van der Waals surface area (Å²) in [5.41, 5.74) is 2.84. The van der Waals surface area contributed by atoms with E-state index in [1.54, 1.807) is 0 Å². The molecule has 1 aromatic carbocycles. The maximum atomic E-state index is 2.47. The SMILES string of the molecule is C1=Cc2cccc3c2N(C1)CCS3. The quantitative estimate of drug-likeness (QED) is 0.617. The molecule has 1 aromatic rings. The fraction of sp³-hybridized carbons (Fsp3) is 0.273. The van der Waals surface area contributed by atoms with Crippen molar-refractivity contribution in [1.82, 2.24) is 0 Å². The van der Waals surface area contributed by atoms with Crippen molar-refractivity contribution in [2.75, 3.05) is 23.7 Å². The summed E-state index contributed by atoms with van der Waals surface area (Å²) in [6.45, 7) is 2.28. The van der Waals surface area contributed by atoms with E-state index in [1.807, 2.05) is 11.8 Å². The minimum Gasteiger partial charge on any atom is -0.366 e. The predicted octanol–water partition coefficient (Wildman–Crippen LogP) is 2.63. The molecule has 3 rings (SSSR count). The van der Waals surface area contributed by atoms with Crippen LogP contribution in [0.2, 0.25) is 0 Å². The van der Waals surface area contributed by atoms with E-state index in [9.17, 15) is 0 Å². The molecule has 2 heterocycles. The van der Waals surface area contributed by atoms with E-state index < -0.39 is 0 Å². The summed E-state index contributed by atoms with van der Waals surface area (Å²) in [6.07, 6.45) is 4.49. The Labute approximate surface area is 82.4 Å². The summed E-state index contributed by atoms with van der Waals surface area (Å²) in [5, 5.41) is 0. The molecule has 0 saturated carbocycles. The average Bonchev–Trinajstić information content (AvgIpc) is 2.19. The molecule has 2 aliphatic heterocycles. The Balaban J connectivity index is 2.24. The van der Waals surface area contributed by atoms with Gasteiger partial charge in [-0.1, -0.05) is 24.3 Å². The van der Waals surface area contributed by atoms with Gasteiger partial charge in [0.05, 0.1) is 5.69 Å². The van der Waals surface area contributed by atoms with Gasteiger partial charge >= 0.3 is 0 Å². The van der Waals surface area contributed by atoms with E-state index in [0.29, 0.717) is 0 Å². The number of para-hydroxylation sites is 1. The van der Waals surface area contributed by atoms with E-state index in [2.05, 4.69) is 35.3 Å². The van der Waals surface area contributed by atoms with Crippen LogP contribution < -0.4 is 4.90 Å². The van der Waals surface area contributed by atoms with Gasteiger partial charge in [0.15, 0.2) is 0 Å². The highest BCUT2D eigenvalue weighted by atomic mass is 32.2. The minimum atomic E-state index is 1.09. The van der Waals surface area contributed by atoms with Gasteiger partial charge in [0, 0.05) is 23.7 Å². The van der Waals surface area contributed by atoms with Gasteiger partial charge in [-0.15, -0.1) is 11.8 Å². The van der Waals surface area contributed by atoms with Gasteiger partial charge in [-0.3, -0.25) is 0 Å². The van der Waals surface area contributed by atoms with Crippen molar-refractivity contribution in [2.45, 2.75) is 4.90 Å². The number of nitrogens with zero attached hydrogens (tertiary/aromatic N) is 1. The topological polar surface area (TPSA) is 3.24 Å². The second-order valence-corrected chi connectivity index (χ2v) is 4.53. The zero-order valence-corrected chi connectivity index (χ0v) is 8.18. The number of rotatable bonds is 0. The summed E-state index contributed by atoms with van der Waals surface area (Å²) < 4.78 is 0. The van der Waals surface area contributed by atoms with Crippen molar-refractivity contribution in [3.63, 3.8) is 0 Å². The third-order valence-corrected chi connectivity index (χ3v) is 3.62. The summed E-state index contributed by atoms with van der Waals surface area (Å²) >= 11 is 1.98. The molecule has 0 amide bonds. The molecule has 0 fully saturated rings. The van der Waals surface area contributed by atoms with E-state index in [-0.39, 0.29) is 0 Å². The molecule has 2 heteroatoms. The van der Waals surface area contributed by atoms with Gasteiger partial charge in [0.1, 0.15) is 0 Å². The van der Waals surface area contributed by atoms with Crippen LogP contribution in [-0.2, 0) is 0 Å². The smallest absolute Gasteiger partial charge is 0.0580 e. The molecule has 0 N–H and O–H groups in total. The van der Waals surface area contributed by atoms with E-state index >= 15 is 0 Å². The van der Waals surface area contributed by atoms with Gasteiger partial charge in [0.2, 0.25) is 0 Å². The number of benzene rings is 1. The van der Waals surface area contributed by atoms with Crippen LogP contribution in [0.1, 0.15) is 5.56 Å². The molecular formula is C11H11NS. The Bertz CT molecular complexity index is 370. The normalized spacial score (nSPS) is 18.6. The maximum Gasteiger partial charge on any atom is 0.0580 e. The van der Waals surface area contributed by atoms with Gasteiger partial charge < -0.3 is 4.90 Å². The van der Waals surface area contributed by atoms with E-state index in [4.69, 9.17) is 0 Å². The van der Waals surface area contributed by atoms with Crippen molar-refractivity contribution in [3.05, 3.63) is 29.8 Å². The van der Waals surface area contributed by atoms with Crippen LogP contribution in [-0.4, -0.2) is 18.8 Å². The highest BCUT2D eigenvalue weighted by Gasteiger charge is 2.20. The standard InChI is InChI=1S/C11H11NS/c1-3-9-4-2-6-12-7-8-13-10(5-1)11(9)12/h1-5H,6-8H2. The fourth-order valence-electron chi connectivity index (χ4n) is 2.00. The summed E-state index contributed by atoms with van der Waals surface area (Å²) in [5.74, 6) is 1.23. The molecule has 66 valence electrons. The third-order valence-electron chi connectivity index (χ3n) is 2.59. The van der Waals surface area contributed by atoms with Crippen molar-refractivity contribution in [1.29, 1.82) is 0 Å². The fourth-order valence-corrected chi connectivity index (χ4v) is 3.09. The summed E-state index contributed by atoms with van der Waals surface area (Å²) in [6, 6.07) is 6.59. The molecule has 2 aliphatic rings. The molecular weight excluding hydrogens is 178 g/mol. The number of hydrogen-bond acceptors (Lipinski definition) is 2. The van der Waals surface area contributed by atoms with Gasteiger partial charge in [-0.2, -0.15) is 0 Å². The molecule has 0 radical (unpaired) electrons. The lowest BCUT2D eigenvalue weighted by atomic mass is 10.1. The van der Waals surface area contributed by atoms with Crippen molar-refractivity contribution >= 4 is 23.5 Å². The van der Waals surface area contributed by atoms with Gasteiger partial charge in [-0.05, 0) is 11.6 Å². The number of hydrogen-bond donors (Lipinski definition) is 0. The zero-order chi connectivity index (χ0) is 8.67. The van der Waals surface area contributed by atoms with Crippen molar-refractivity contribution in [2.24, 2.45) is 0 Å². The van der Waals surface area contributed by atoms with E-state index in [1.165, 1.54) is 28.4 Å². The first-order chi connectivity index (χ1) is 6.45. The first-order valence-electron chi connectivity index (χ1n) is 4.62. The van der Waals surface area contributed by atoms with Crippen LogP contribution in [0.15, 0.2) is 29.2 Å². The molecule has 0 bridgehead atoms. The van der Waals surface area contributed by atoms with Gasteiger partial charge in [0.25, 0.3) is 0 Å². The lowest BCUT2D eigenvalue weighted by Gasteiger charge is -2.33. The van der Waals surface area contributed by atoms with Crippen LogP contribution in [0.3, 0.4) is 0 Å². The Morgan fingerprint density at radius 3 is 3.31 bits per heavy atom. The molecule has 13 heavy (non-hydrogen) atoms. The van der Waals surface area contributed by atoms with E-state index in [0.717, 1.165) is 6.54 Å². The third kappa shape index (κ3) is 1.09. The monoisotopic (exact) mass is 189 g/mol. The molecule has 0 unspecified atom stereocenters. The number of thioether (sulfide) groups is 1. The first kappa shape index (κ1) is 7.51. The lowest BCUT2D eigenvalue weighted by Crippen LogP contribution is -2.31.